The van der Waals surface area contributed by atoms with Crippen LogP contribution in [0.2, 0.25) is 0 Å². The Kier molecular flexibility index (Phi) is 7.01. The second kappa shape index (κ2) is 10.3. The molecular weight excluding hydrogens is 437 g/mol. The number of aromatic nitrogens is 5. The summed E-state index contributed by atoms with van der Waals surface area (Å²) < 4.78 is 13.9. The van der Waals surface area contributed by atoms with Crippen LogP contribution >= 0.6 is 0 Å². The Labute approximate surface area is 204 Å². The molecule has 176 valence electrons. The highest BCUT2D eigenvalue weighted by atomic mass is 19.1. The zero-order chi connectivity index (χ0) is 24.9. The molecule has 0 saturated carbocycles. The summed E-state index contributed by atoms with van der Waals surface area (Å²) >= 11 is 0. The number of aryl methyl sites for hydroxylation is 1. The maximum absolute atomic E-state index is 13.9. The summed E-state index contributed by atoms with van der Waals surface area (Å²) in [5.74, 6) is 0.273. The maximum atomic E-state index is 13.9. The number of aromatic amines is 2. The molecule has 3 heterocycles. The monoisotopic (exact) mass is 465 g/mol. The first-order chi connectivity index (χ1) is 17.0. The summed E-state index contributed by atoms with van der Waals surface area (Å²) in [6, 6.07) is 10.4. The number of hydrogen-bond donors (Lipinski definition) is 2. The number of hydrogen-bond acceptors (Lipinski definition) is 3. The van der Waals surface area contributed by atoms with Gasteiger partial charge in [0.1, 0.15) is 11.3 Å². The van der Waals surface area contributed by atoms with E-state index in [2.05, 4.69) is 41.3 Å². The molecular formula is C29H28FN5. The number of rotatable bonds is 8. The van der Waals surface area contributed by atoms with Crippen LogP contribution < -0.4 is 0 Å². The topological polar surface area (TPSA) is 70.2 Å². The first-order valence-corrected chi connectivity index (χ1v) is 11.5. The summed E-state index contributed by atoms with van der Waals surface area (Å²) in [6.45, 7) is 13.7. The Hall–Kier alpha value is -4.32. The van der Waals surface area contributed by atoms with Gasteiger partial charge in [-0.15, -0.1) is 0 Å². The molecule has 0 amide bonds. The standard InChI is InChI=1S/C29H28FN5/c1-6-11-23(21-12-10-13-22(30)17-21)26-18(5)31-29(33-26)28-27-25(34-35-28)15-14-24(32-27)20(9-4)16-19(7-2)8-3/h6-7,9-17H,1-2,8H2,3-5H3,(H,31,33)(H,34,35)/b19-16+,20-9+,23-11-. The number of halogens is 1. The van der Waals surface area contributed by atoms with Gasteiger partial charge >= 0.3 is 0 Å². The van der Waals surface area contributed by atoms with Gasteiger partial charge in [-0.05, 0) is 67.3 Å². The Balaban J connectivity index is 1.81. The molecule has 6 heteroatoms. The van der Waals surface area contributed by atoms with Crippen LogP contribution in [0, 0.1) is 12.7 Å². The summed E-state index contributed by atoms with van der Waals surface area (Å²) in [6.07, 6.45) is 10.4. The molecule has 0 fully saturated rings. The molecule has 1 aromatic carbocycles. The molecule has 0 aliphatic rings. The lowest BCUT2D eigenvalue weighted by molar-refractivity contribution is 0.627. The van der Waals surface area contributed by atoms with E-state index in [1.165, 1.54) is 12.1 Å². The molecule has 0 spiro atoms. The van der Waals surface area contributed by atoms with Gasteiger partial charge in [-0.2, -0.15) is 5.10 Å². The third-order valence-electron chi connectivity index (χ3n) is 5.81. The summed E-state index contributed by atoms with van der Waals surface area (Å²) in [5, 5.41) is 7.55. The second-order valence-electron chi connectivity index (χ2n) is 8.07. The predicted octanol–water partition coefficient (Wildman–Crippen LogP) is 7.34. The number of imidazole rings is 1. The zero-order valence-corrected chi connectivity index (χ0v) is 20.2. The van der Waals surface area contributed by atoms with Gasteiger partial charge in [0.25, 0.3) is 0 Å². The molecule has 0 radical (unpaired) electrons. The number of allylic oxidation sites excluding steroid dienone is 7. The van der Waals surface area contributed by atoms with E-state index in [1.54, 1.807) is 12.1 Å². The minimum absolute atomic E-state index is 0.308. The fourth-order valence-corrected chi connectivity index (χ4v) is 3.96. The van der Waals surface area contributed by atoms with E-state index >= 15 is 0 Å². The average Bonchev–Trinajstić information content (AvgIpc) is 3.46. The fourth-order valence-electron chi connectivity index (χ4n) is 3.96. The van der Waals surface area contributed by atoms with Crippen LogP contribution in [-0.4, -0.2) is 25.1 Å². The molecule has 0 atom stereocenters. The smallest absolute Gasteiger partial charge is 0.161 e. The number of benzene rings is 1. The van der Waals surface area contributed by atoms with Gasteiger partial charge in [0.05, 0.1) is 16.9 Å². The highest BCUT2D eigenvalue weighted by molar-refractivity contribution is 5.90. The average molecular weight is 466 g/mol. The van der Waals surface area contributed by atoms with Crippen molar-refractivity contribution >= 4 is 22.2 Å². The number of nitrogens with zero attached hydrogens (tertiary/aromatic N) is 3. The Bertz CT molecular complexity index is 1500. The summed E-state index contributed by atoms with van der Waals surface area (Å²) in [7, 11) is 0. The number of pyridine rings is 1. The molecule has 3 aromatic heterocycles. The molecule has 0 aliphatic carbocycles. The van der Waals surface area contributed by atoms with Gasteiger partial charge in [-0.1, -0.05) is 56.5 Å². The van der Waals surface area contributed by atoms with Crippen molar-refractivity contribution in [3.8, 4) is 11.5 Å². The lowest BCUT2D eigenvalue weighted by atomic mass is 10.0. The molecule has 0 saturated heterocycles. The van der Waals surface area contributed by atoms with Crippen LogP contribution in [0.15, 0.2) is 85.5 Å². The van der Waals surface area contributed by atoms with E-state index in [0.717, 1.165) is 45.6 Å². The van der Waals surface area contributed by atoms with Crippen molar-refractivity contribution in [3.05, 3.63) is 114 Å². The molecule has 5 nitrogen and oxygen atoms in total. The summed E-state index contributed by atoms with van der Waals surface area (Å²) in [4.78, 5) is 13.1. The molecule has 35 heavy (non-hydrogen) atoms. The third-order valence-corrected chi connectivity index (χ3v) is 5.81. The fraction of sp³-hybridized carbons (Fsp3) is 0.138. The largest absolute Gasteiger partial charge is 0.340 e. The van der Waals surface area contributed by atoms with Crippen LogP contribution in [0.5, 0.6) is 0 Å². The highest BCUT2D eigenvalue weighted by Gasteiger charge is 2.19. The summed E-state index contributed by atoms with van der Waals surface area (Å²) in [5.41, 5.74) is 8.15. The molecule has 2 N–H and O–H groups in total. The van der Waals surface area contributed by atoms with E-state index in [9.17, 15) is 4.39 Å². The third kappa shape index (κ3) is 4.82. The van der Waals surface area contributed by atoms with Crippen molar-refractivity contribution in [1.29, 1.82) is 0 Å². The van der Waals surface area contributed by atoms with Crippen molar-refractivity contribution in [1.82, 2.24) is 25.1 Å². The van der Waals surface area contributed by atoms with Gasteiger partial charge in [-0.25, -0.2) is 14.4 Å². The van der Waals surface area contributed by atoms with Crippen LogP contribution in [-0.2, 0) is 0 Å². The van der Waals surface area contributed by atoms with Crippen molar-refractivity contribution in [2.45, 2.75) is 27.2 Å². The predicted molar refractivity (Wildman–Crippen MR) is 142 cm³/mol. The van der Waals surface area contributed by atoms with Gasteiger partial charge in [0, 0.05) is 11.3 Å². The van der Waals surface area contributed by atoms with Gasteiger partial charge < -0.3 is 4.98 Å². The van der Waals surface area contributed by atoms with Gasteiger partial charge in [-0.3, -0.25) is 5.10 Å². The van der Waals surface area contributed by atoms with Crippen LogP contribution in [0.4, 0.5) is 4.39 Å². The number of fused-ring (bicyclic) bond motifs is 1. The number of nitrogens with one attached hydrogen (secondary N) is 2. The minimum Gasteiger partial charge on any atom is -0.340 e. The molecule has 0 unspecified atom stereocenters. The van der Waals surface area contributed by atoms with Crippen LogP contribution in [0.25, 0.3) is 33.7 Å². The lowest BCUT2D eigenvalue weighted by Gasteiger charge is -2.06. The Morgan fingerprint density at radius 2 is 1.97 bits per heavy atom. The van der Waals surface area contributed by atoms with E-state index < -0.39 is 0 Å². The number of H-pyrrole nitrogens is 2. The van der Waals surface area contributed by atoms with Crippen molar-refractivity contribution in [2.24, 2.45) is 0 Å². The van der Waals surface area contributed by atoms with E-state index in [4.69, 9.17) is 9.97 Å². The lowest BCUT2D eigenvalue weighted by Crippen LogP contribution is -1.92. The van der Waals surface area contributed by atoms with Crippen molar-refractivity contribution in [3.63, 3.8) is 0 Å². The first kappa shape index (κ1) is 23.8. The zero-order valence-electron chi connectivity index (χ0n) is 20.2. The molecule has 0 bridgehead atoms. The van der Waals surface area contributed by atoms with E-state index in [0.29, 0.717) is 22.7 Å². The quantitative estimate of drug-likeness (QED) is 0.267. The highest BCUT2D eigenvalue weighted by Crippen LogP contribution is 2.30. The first-order valence-electron chi connectivity index (χ1n) is 11.5. The normalized spacial score (nSPS) is 12.9. The van der Waals surface area contributed by atoms with Crippen LogP contribution in [0.3, 0.4) is 0 Å². The molecule has 4 rings (SSSR count). The Morgan fingerprint density at radius 3 is 2.66 bits per heavy atom. The van der Waals surface area contributed by atoms with E-state index in [1.807, 2.05) is 50.3 Å². The SMILES string of the molecule is C=C/C=C(/c1cccc(F)c1)c1nc(-c2n[nH]c3ccc(C(/C=C(\C=C)CC)=C/C)nc23)[nH]c1C. The minimum atomic E-state index is -0.308. The van der Waals surface area contributed by atoms with Crippen molar-refractivity contribution < 1.29 is 4.39 Å². The molecule has 0 aliphatic heterocycles. The molecule has 4 aromatic rings. The Morgan fingerprint density at radius 1 is 1.14 bits per heavy atom. The van der Waals surface area contributed by atoms with Crippen LogP contribution in [0.1, 0.15) is 42.9 Å². The van der Waals surface area contributed by atoms with Gasteiger partial charge in [0.15, 0.2) is 11.5 Å². The maximum Gasteiger partial charge on any atom is 0.161 e. The van der Waals surface area contributed by atoms with Crippen molar-refractivity contribution in [2.75, 3.05) is 0 Å². The second-order valence-corrected chi connectivity index (χ2v) is 8.07. The van der Waals surface area contributed by atoms with Gasteiger partial charge in [0.2, 0.25) is 0 Å². The van der Waals surface area contributed by atoms with E-state index in [-0.39, 0.29) is 5.82 Å².